The van der Waals surface area contributed by atoms with Gasteiger partial charge < -0.3 is 15.3 Å². The molecule has 24 heavy (non-hydrogen) atoms. The van der Waals surface area contributed by atoms with Crippen LogP contribution in [0, 0.1) is 0 Å². The van der Waals surface area contributed by atoms with Crippen LogP contribution >= 0.6 is 24.0 Å². The summed E-state index contributed by atoms with van der Waals surface area (Å²) in [5.41, 5.74) is 0. The number of aliphatic hydroxyl groups excluding tert-OH is 1. The van der Waals surface area contributed by atoms with E-state index in [4.69, 9.17) is 0 Å². The van der Waals surface area contributed by atoms with Gasteiger partial charge in [0.05, 0.1) is 16.8 Å². The second-order valence-electron chi connectivity index (χ2n) is 5.61. The van der Waals surface area contributed by atoms with Gasteiger partial charge in [-0.3, -0.25) is 4.99 Å². The third-order valence-electron chi connectivity index (χ3n) is 3.73. The van der Waals surface area contributed by atoms with E-state index >= 15 is 0 Å². The zero-order valence-corrected chi connectivity index (χ0v) is 17.0. The van der Waals surface area contributed by atoms with Crippen LogP contribution in [0.3, 0.4) is 0 Å². The Morgan fingerprint density at radius 2 is 2.08 bits per heavy atom. The Balaban J connectivity index is 0.00000288. The highest BCUT2D eigenvalue weighted by Crippen LogP contribution is 2.12. The van der Waals surface area contributed by atoms with E-state index < -0.39 is 9.84 Å². The Bertz CT molecular complexity index is 623. The Kier molecular flexibility index (Phi) is 8.99. The summed E-state index contributed by atoms with van der Waals surface area (Å²) < 4.78 is 24.4. The van der Waals surface area contributed by atoms with Crippen LogP contribution in [-0.2, 0) is 9.84 Å². The molecule has 2 N–H and O–H groups in total. The third-order valence-corrected chi connectivity index (χ3v) is 5.55. The van der Waals surface area contributed by atoms with E-state index in [2.05, 4.69) is 10.3 Å². The molecule has 1 fully saturated rings. The zero-order chi connectivity index (χ0) is 16.7. The highest BCUT2D eigenvalue weighted by molar-refractivity contribution is 14.0. The number of hydrogen-bond acceptors (Lipinski definition) is 4. The maximum absolute atomic E-state index is 12.2. The van der Waals surface area contributed by atoms with Crippen molar-refractivity contribution in [2.24, 2.45) is 4.99 Å². The van der Waals surface area contributed by atoms with E-state index in [1.807, 2.05) is 11.8 Å². The smallest absolute Gasteiger partial charge is 0.194 e. The molecule has 0 spiro atoms. The van der Waals surface area contributed by atoms with Gasteiger partial charge in [-0.15, -0.1) is 24.0 Å². The summed E-state index contributed by atoms with van der Waals surface area (Å²) in [7, 11) is -3.24. The largest absolute Gasteiger partial charge is 0.391 e. The maximum Gasteiger partial charge on any atom is 0.194 e. The van der Waals surface area contributed by atoms with Crippen molar-refractivity contribution in [3.05, 3.63) is 30.3 Å². The second kappa shape index (κ2) is 10.2. The van der Waals surface area contributed by atoms with Crippen LogP contribution in [-0.4, -0.2) is 62.4 Å². The van der Waals surface area contributed by atoms with E-state index in [1.165, 1.54) is 0 Å². The minimum Gasteiger partial charge on any atom is -0.391 e. The quantitative estimate of drug-likeness (QED) is 0.287. The SMILES string of the molecule is CCNC(=NCCCS(=O)(=O)c1ccccc1)N1CC[C@@H](O)C1.I. The Morgan fingerprint density at radius 3 is 2.67 bits per heavy atom. The Morgan fingerprint density at radius 1 is 1.38 bits per heavy atom. The van der Waals surface area contributed by atoms with Gasteiger partial charge >= 0.3 is 0 Å². The van der Waals surface area contributed by atoms with E-state index in [9.17, 15) is 13.5 Å². The maximum atomic E-state index is 12.2. The molecule has 6 nitrogen and oxygen atoms in total. The molecule has 1 aromatic carbocycles. The first-order chi connectivity index (χ1) is 11.0. The number of likely N-dealkylation sites (tertiary alicyclic amines) is 1. The lowest BCUT2D eigenvalue weighted by molar-refractivity contribution is 0.188. The number of hydrogen-bond donors (Lipinski definition) is 2. The van der Waals surface area contributed by atoms with Crippen LogP contribution in [0.1, 0.15) is 19.8 Å². The van der Waals surface area contributed by atoms with Crippen molar-refractivity contribution < 1.29 is 13.5 Å². The number of rotatable bonds is 6. The van der Waals surface area contributed by atoms with Crippen LogP contribution < -0.4 is 5.32 Å². The van der Waals surface area contributed by atoms with Crippen LogP contribution in [0.25, 0.3) is 0 Å². The number of nitrogens with zero attached hydrogens (tertiary/aromatic N) is 2. The number of nitrogens with one attached hydrogen (secondary N) is 1. The van der Waals surface area contributed by atoms with Gasteiger partial charge in [0.25, 0.3) is 0 Å². The van der Waals surface area contributed by atoms with Crippen molar-refractivity contribution in [3.8, 4) is 0 Å². The van der Waals surface area contributed by atoms with Gasteiger partial charge in [-0.2, -0.15) is 0 Å². The van der Waals surface area contributed by atoms with Crippen molar-refractivity contribution in [1.29, 1.82) is 0 Å². The highest BCUT2D eigenvalue weighted by Gasteiger charge is 2.22. The van der Waals surface area contributed by atoms with Crippen molar-refractivity contribution >= 4 is 39.8 Å². The minimum absolute atomic E-state index is 0. The molecule has 1 heterocycles. The summed E-state index contributed by atoms with van der Waals surface area (Å²) >= 11 is 0. The van der Waals surface area contributed by atoms with Crippen molar-refractivity contribution in [1.82, 2.24) is 10.2 Å². The van der Waals surface area contributed by atoms with Crippen molar-refractivity contribution in [2.75, 3.05) is 31.9 Å². The molecule has 1 aromatic rings. The molecular formula is C16H26IN3O3S. The fourth-order valence-electron chi connectivity index (χ4n) is 2.55. The molecule has 0 radical (unpaired) electrons. The highest BCUT2D eigenvalue weighted by atomic mass is 127. The van der Waals surface area contributed by atoms with E-state index in [0.717, 1.165) is 25.5 Å². The number of benzene rings is 1. The predicted octanol–water partition coefficient (Wildman–Crippen LogP) is 1.50. The molecule has 1 aliphatic heterocycles. The molecule has 2 rings (SSSR count). The van der Waals surface area contributed by atoms with Crippen LogP contribution in [0.5, 0.6) is 0 Å². The fourth-order valence-corrected chi connectivity index (χ4v) is 3.86. The summed E-state index contributed by atoms with van der Waals surface area (Å²) in [6.07, 6.45) is 0.910. The first-order valence-corrected chi connectivity index (χ1v) is 9.67. The first kappa shape index (κ1) is 21.2. The predicted molar refractivity (Wildman–Crippen MR) is 107 cm³/mol. The van der Waals surface area contributed by atoms with E-state index in [1.54, 1.807) is 30.3 Å². The van der Waals surface area contributed by atoms with Gasteiger partial charge in [-0.05, 0) is 31.9 Å². The lowest BCUT2D eigenvalue weighted by atomic mass is 10.3. The monoisotopic (exact) mass is 467 g/mol. The second-order valence-corrected chi connectivity index (χ2v) is 7.72. The third kappa shape index (κ3) is 6.21. The van der Waals surface area contributed by atoms with E-state index in [-0.39, 0.29) is 35.8 Å². The summed E-state index contributed by atoms with van der Waals surface area (Å²) in [6, 6.07) is 8.50. The molecule has 0 amide bonds. The standard InChI is InChI=1S/C16H25N3O3S.HI/c1-2-17-16(19-11-9-14(20)13-19)18-10-6-12-23(21,22)15-7-4-3-5-8-15;/h3-5,7-8,14,20H,2,6,9-13H2,1H3,(H,17,18);1H/t14-;/m1./s1. The molecule has 0 bridgehead atoms. The first-order valence-electron chi connectivity index (χ1n) is 8.02. The number of aliphatic imine (C=N–C) groups is 1. The number of aliphatic hydroxyl groups is 1. The number of sulfone groups is 1. The van der Waals surface area contributed by atoms with Gasteiger partial charge in [0.1, 0.15) is 0 Å². The van der Waals surface area contributed by atoms with Crippen molar-refractivity contribution in [3.63, 3.8) is 0 Å². The van der Waals surface area contributed by atoms with Gasteiger partial charge in [0.15, 0.2) is 15.8 Å². The van der Waals surface area contributed by atoms with Gasteiger partial charge in [-0.25, -0.2) is 8.42 Å². The van der Waals surface area contributed by atoms with Gasteiger partial charge in [0, 0.05) is 26.2 Å². The molecular weight excluding hydrogens is 441 g/mol. The van der Waals surface area contributed by atoms with Crippen LogP contribution in [0.2, 0.25) is 0 Å². The summed E-state index contributed by atoms with van der Waals surface area (Å²) in [6.45, 7) is 4.53. The van der Waals surface area contributed by atoms with Crippen LogP contribution in [0.4, 0.5) is 0 Å². The Labute approximate surface area is 161 Å². The molecule has 8 heteroatoms. The molecule has 0 aromatic heterocycles. The number of halogens is 1. The topological polar surface area (TPSA) is 82.0 Å². The normalized spacial score (nSPS) is 18.3. The van der Waals surface area contributed by atoms with Gasteiger partial charge in [0.2, 0.25) is 0 Å². The van der Waals surface area contributed by atoms with Gasteiger partial charge in [-0.1, -0.05) is 18.2 Å². The molecule has 0 aliphatic carbocycles. The summed E-state index contributed by atoms with van der Waals surface area (Å²) in [5.74, 6) is 0.837. The number of guanidine groups is 1. The molecule has 1 saturated heterocycles. The van der Waals surface area contributed by atoms with Crippen molar-refractivity contribution in [2.45, 2.75) is 30.8 Å². The molecule has 136 valence electrons. The lowest BCUT2D eigenvalue weighted by Gasteiger charge is -2.20. The molecule has 0 saturated carbocycles. The molecule has 1 aliphatic rings. The fraction of sp³-hybridized carbons (Fsp3) is 0.562. The van der Waals surface area contributed by atoms with E-state index in [0.29, 0.717) is 24.4 Å². The molecule has 1 atom stereocenters. The number of β-amino-alcohol motifs (C(OH)–C–C–N with tert-alkyl or cyclic N) is 1. The minimum atomic E-state index is -3.24. The summed E-state index contributed by atoms with van der Waals surface area (Å²) in [4.78, 5) is 6.86. The lowest BCUT2D eigenvalue weighted by Crippen LogP contribution is -2.40. The molecule has 0 unspecified atom stereocenters. The summed E-state index contributed by atoms with van der Waals surface area (Å²) in [5, 5.41) is 12.8. The Hall–Kier alpha value is -0.870. The average molecular weight is 467 g/mol. The zero-order valence-electron chi connectivity index (χ0n) is 13.9. The van der Waals surface area contributed by atoms with Crippen LogP contribution in [0.15, 0.2) is 40.2 Å². The average Bonchev–Trinajstić information content (AvgIpc) is 2.97.